The minimum Gasteiger partial charge on any atom is -0.481 e. The number of halogens is 1. The molecule has 8 heteroatoms. The summed E-state index contributed by atoms with van der Waals surface area (Å²) in [5.74, 6) is 0.523. The summed E-state index contributed by atoms with van der Waals surface area (Å²) in [6.07, 6.45) is 0. The van der Waals surface area contributed by atoms with Crippen molar-refractivity contribution >= 4 is 39.2 Å². The number of nitro groups is 1. The van der Waals surface area contributed by atoms with Crippen molar-refractivity contribution in [3.05, 3.63) is 55.9 Å². The van der Waals surface area contributed by atoms with Gasteiger partial charge in [-0.05, 0) is 34.7 Å². The molecular weight excluding hydrogens is 399 g/mol. The lowest BCUT2D eigenvalue weighted by molar-refractivity contribution is -0.383. The maximum Gasteiger partial charge on any atom is 0.281 e. The molecular formula is C14H11IN4O3. The molecule has 0 N–H and O–H groups in total. The van der Waals surface area contributed by atoms with Gasteiger partial charge in [0.15, 0.2) is 0 Å². The molecule has 0 spiro atoms. The Morgan fingerprint density at radius 2 is 2.09 bits per heavy atom. The van der Waals surface area contributed by atoms with Gasteiger partial charge in [-0.3, -0.25) is 14.8 Å². The van der Waals surface area contributed by atoms with E-state index in [0.717, 1.165) is 5.69 Å². The van der Waals surface area contributed by atoms with Gasteiger partial charge in [-0.1, -0.05) is 12.1 Å². The van der Waals surface area contributed by atoms with Crippen molar-refractivity contribution in [1.29, 1.82) is 0 Å². The number of non-ortho nitro benzene ring substituents is 1. The lowest BCUT2D eigenvalue weighted by Crippen LogP contribution is -2.04. The fourth-order valence-corrected chi connectivity index (χ4v) is 3.06. The Hall–Kier alpha value is -2.23. The van der Waals surface area contributed by atoms with Crippen LogP contribution in [0, 0.1) is 13.8 Å². The smallest absolute Gasteiger partial charge is 0.281 e. The molecule has 0 aliphatic rings. The molecule has 0 radical (unpaired) electrons. The SMILES string of the molecule is COc1cccc(Cn2nc(I)c3c([N+](=O)[O-])cccc32)n1. The lowest BCUT2D eigenvalue weighted by Gasteiger charge is -2.05. The van der Waals surface area contributed by atoms with Crippen molar-refractivity contribution in [2.75, 3.05) is 7.11 Å². The van der Waals surface area contributed by atoms with Crippen LogP contribution in [0.4, 0.5) is 5.69 Å². The van der Waals surface area contributed by atoms with Crippen LogP contribution in [0.1, 0.15) is 5.69 Å². The number of hydrogen-bond acceptors (Lipinski definition) is 5. The van der Waals surface area contributed by atoms with Crippen LogP contribution in [0.3, 0.4) is 0 Å². The van der Waals surface area contributed by atoms with E-state index in [2.05, 4.69) is 10.1 Å². The van der Waals surface area contributed by atoms with E-state index in [1.165, 1.54) is 6.07 Å². The average molecular weight is 410 g/mol. The molecule has 0 aliphatic carbocycles. The second-order valence-corrected chi connectivity index (χ2v) is 5.57. The van der Waals surface area contributed by atoms with Crippen molar-refractivity contribution in [3.63, 3.8) is 0 Å². The van der Waals surface area contributed by atoms with Crippen LogP contribution < -0.4 is 4.74 Å². The fraction of sp³-hybridized carbons (Fsp3) is 0.143. The van der Waals surface area contributed by atoms with E-state index >= 15 is 0 Å². The lowest BCUT2D eigenvalue weighted by atomic mass is 10.2. The summed E-state index contributed by atoms with van der Waals surface area (Å²) in [6.45, 7) is 0.415. The number of methoxy groups -OCH3 is 1. The quantitative estimate of drug-likeness (QED) is 0.375. The third-order valence-electron chi connectivity index (χ3n) is 3.21. The first kappa shape index (κ1) is 14.7. The summed E-state index contributed by atoms with van der Waals surface area (Å²) in [7, 11) is 1.56. The van der Waals surface area contributed by atoms with E-state index in [4.69, 9.17) is 4.74 Å². The predicted molar refractivity (Wildman–Crippen MR) is 89.0 cm³/mol. The molecule has 0 unspecified atom stereocenters. The molecule has 22 heavy (non-hydrogen) atoms. The predicted octanol–water partition coefficient (Wildman–Crippen LogP) is 3.00. The standard InChI is InChI=1S/C14H11IN4O3/c1-22-12-7-2-4-9(16-12)8-18-10-5-3-6-11(19(20)21)13(10)14(15)17-18/h2-7H,8H2,1H3. The van der Waals surface area contributed by atoms with Crippen LogP contribution in [0.2, 0.25) is 0 Å². The van der Waals surface area contributed by atoms with Crippen LogP contribution in [0.5, 0.6) is 5.88 Å². The Bertz CT molecular complexity index is 862. The van der Waals surface area contributed by atoms with Gasteiger partial charge >= 0.3 is 0 Å². The molecule has 2 heterocycles. The van der Waals surface area contributed by atoms with Crippen molar-refractivity contribution in [1.82, 2.24) is 14.8 Å². The molecule has 0 saturated heterocycles. The molecule has 0 atom stereocenters. The van der Waals surface area contributed by atoms with Gasteiger partial charge in [0.25, 0.3) is 5.69 Å². The minimum absolute atomic E-state index is 0.0618. The van der Waals surface area contributed by atoms with Crippen LogP contribution in [-0.4, -0.2) is 26.8 Å². The van der Waals surface area contributed by atoms with Gasteiger partial charge in [0, 0.05) is 12.1 Å². The minimum atomic E-state index is -0.389. The van der Waals surface area contributed by atoms with E-state index in [1.54, 1.807) is 23.9 Å². The average Bonchev–Trinajstić information content (AvgIpc) is 2.84. The monoisotopic (exact) mass is 410 g/mol. The normalized spacial score (nSPS) is 10.8. The zero-order chi connectivity index (χ0) is 15.7. The number of nitro benzene ring substituents is 1. The molecule has 0 amide bonds. The summed E-state index contributed by atoms with van der Waals surface area (Å²) in [6, 6.07) is 10.4. The first-order chi connectivity index (χ1) is 10.6. The van der Waals surface area contributed by atoms with E-state index in [0.29, 0.717) is 27.0 Å². The summed E-state index contributed by atoms with van der Waals surface area (Å²) >= 11 is 2.01. The molecule has 2 aromatic heterocycles. The highest BCUT2D eigenvalue weighted by Crippen LogP contribution is 2.29. The molecule has 0 bridgehead atoms. The van der Waals surface area contributed by atoms with Gasteiger partial charge in [-0.2, -0.15) is 5.10 Å². The number of hydrogen-bond donors (Lipinski definition) is 0. The van der Waals surface area contributed by atoms with E-state index in [1.807, 2.05) is 40.8 Å². The van der Waals surface area contributed by atoms with Crippen LogP contribution in [0.25, 0.3) is 10.9 Å². The maximum atomic E-state index is 11.2. The number of aromatic nitrogens is 3. The van der Waals surface area contributed by atoms with Gasteiger partial charge in [-0.15, -0.1) is 0 Å². The summed E-state index contributed by atoms with van der Waals surface area (Å²) in [5, 5.41) is 16.1. The Kier molecular flexibility index (Phi) is 3.92. The van der Waals surface area contributed by atoms with Gasteiger partial charge in [0.1, 0.15) is 9.09 Å². The van der Waals surface area contributed by atoms with Crippen molar-refractivity contribution in [3.8, 4) is 5.88 Å². The second kappa shape index (κ2) is 5.87. The van der Waals surface area contributed by atoms with Gasteiger partial charge < -0.3 is 4.74 Å². The van der Waals surface area contributed by atoms with Crippen molar-refractivity contribution < 1.29 is 9.66 Å². The summed E-state index contributed by atoms with van der Waals surface area (Å²) in [4.78, 5) is 15.1. The number of ether oxygens (including phenoxy) is 1. The highest BCUT2D eigenvalue weighted by atomic mass is 127. The van der Waals surface area contributed by atoms with Gasteiger partial charge in [0.2, 0.25) is 5.88 Å². The van der Waals surface area contributed by atoms with Gasteiger partial charge in [0.05, 0.1) is 29.8 Å². The molecule has 1 aromatic carbocycles. The molecule has 7 nitrogen and oxygen atoms in total. The van der Waals surface area contributed by atoms with Crippen LogP contribution in [0.15, 0.2) is 36.4 Å². The van der Waals surface area contributed by atoms with Crippen LogP contribution >= 0.6 is 22.6 Å². The van der Waals surface area contributed by atoms with E-state index in [-0.39, 0.29) is 10.6 Å². The van der Waals surface area contributed by atoms with E-state index in [9.17, 15) is 10.1 Å². The zero-order valence-electron chi connectivity index (χ0n) is 11.6. The number of rotatable bonds is 4. The number of fused-ring (bicyclic) bond motifs is 1. The topological polar surface area (TPSA) is 83.1 Å². The molecule has 0 saturated carbocycles. The molecule has 0 aliphatic heterocycles. The summed E-state index contributed by atoms with van der Waals surface area (Å²) < 4.78 is 7.42. The summed E-state index contributed by atoms with van der Waals surface area (Å²) in [5.41, 5.74) is 1.54. The Balaban J connectivity index is 2.08. The number of benzene rings is 1. The number of nitrogens with zero attached hydrogens (tertiary/aromatic N) is 4. The Morgan fingerprint density at radius 1 is 1.32 bits per heavy atom. The Labute approximate surface area is 139 Å². The highest BCUT2D eigenvalue weighted by Gasteiger charge is 2.19. The molecule has 112 valence electrons. The first-order valence-electron chi connectivity index (χ1n) is 6.39. The third-order valence-corrected chi connectivity index (χ3v) is 3.97. The number of pyridine rings is 1. The molecule has 3 aromatic rings. The highest BCUT2D eigenvalue weighted by molar-refractivity contribution is 14.1. The molecule has 0 fully saturated rings. The Morgan fingerprint density at radius 3 is 2.82 bits per heavy atom. The van der Waals surface area contributed by atoms with Crippen molar-refractivity contribution in [2.45, 2.75) is 6.54 Å². The van der Waals surface area contributed by atoms with E-state index < -0.39 is 0 Å². The zero-order valence-corrected chi connectivity index (χ0v) is 13.7. The largest absolute Gasteiger partial charge is 0.481 e. The van der Waals surface area contributed by atoms with Crippen LogP contribution in [-0.2, 0) is 6.54 Å². The van der Waals surface area contributed by atoms with Gasteiger partial charge in [-0.25, -0.2) is 4.98 Å². The first-order valence-corrected chi connectivity index (χ1v) is 7.47. The fourth-order valence-electron chi connectivity index (χ4n) is 2.25. The third kappa shape index (κ3) is 2.61. The van der Waals surface area contributed by atoms with Crippen molar-refractivity contribution in [2.24, 2.45) is 0 Å². The maximum absolute atomic E-state index is 11.2. The second-order valence-electron chi connectivity index (χ2n) is 4.55. The molecule has 3 rings (SSSR count).